The molecule has 0 saturated heterocycles. The van der Waals surface area contributed by atoms with Gasteiger partial charge in [0.1, 0.15) is 5.82 Å². The number of pyridine rings is 1. The molecule has 1 aliphatic heterocycles. The van der Waals surface area contributed by atoms with Crippen LogP contribution in [0, 0.1) is 0 Å². The molecule has 0 saturated carbocycles. The SMILES string of the molecule is C[C@@H](O)c1ccc(N2CCCc3ccccc3C2)nc1. The molecule has 0 fully saturated rings. The van der Waals surface area contributed by atoms with Gasteiger partial charge in [-0.05, 0) is 42.5 Å². The van der Waals surface area contributed by atoms with Gasteiger partial charge in [-0.25, -0.2) is 4.98 Å². The lowest BCUT2D eigenvalue weighted by Gasteiger charge is -2.22. The zero-order valence-electron chi connectivity index (χ0n) is 11.8. The third-order valence-corrected chi connectivity index (χ3v) is 3.93. The van der Waals surface area contributed by atoms with Crippen molar-refractivity contribution in [3.63, 3.8) is 0 Å². The maximum atomic E-state index is 9.55. The molecule has 2 aromatic rings. The standard InChI is InChI=1S/C17H20N2O/c1-13(20)15-8-9-17(18-11-15)19-10-4-7-14-5-2-3-6-16(14)12-19/h2-3,5-6,8-9,11,13,20H,4,7,10,12H2,1H3/t13-/m1/s1. The predicted molar refractivity (Wildman–Crippen MR) is 80.7 cm³/mol. The second-order valence-corrected chi connectivity index (χ2v) is 5.42. The summed E-state index contributed by atoms with van der Waals surface area (Å²) in [6.45, 7) is 3.70. The number of benzene rings is 1. The number of hydrogen-bond donors (Lipinski definition) is 1. The number of nitrogens with zero attached hydrogens (tertiary/aromatic N) is 2. The van der Waals surface area contributed by atoms with E-state index in [9.17, 15) is 5.11 Å². The molecular formula is C17H20N2O. The summed E-state index contributed by atoms with van der Waals surface area (Å²) in [7, 11) is 0. The van der Waals surface area contributed by atoms with Gasteiger partial charge in [0, 0.05) is 19.3 Å². The number of fused-ring (bicyclic) bond motifs is 1. The summed E-state index contributed by atoms with van der Waals surface area (Å²) >= 11 is 0. The van der Waals surface area contributed by atoms with Crippen molar-refractivity contribution in [3.05, 3.63) is 59.3 Å². The largest absolute Gasteiger partial charge is 0.389 e. The molecule has 1 atom stereocenters. The summed E-state index contributed by atoms with van der Waals surface area (Å²) in [5.74, 6) is 0.992. The van der Waals surface area contributed by atoms with Crippen LogP contribution >= 0.6 is 0 Å². The number of aromatic nitrogens is 1. The van der Waals surface area contributed by atoms with E-state index in [2.05, 4.69) is 34.1 Å². The Morgan fingerprint density at radius 1 is 1.15 bits per heavy atom. The number of hydrogen-bond acceptors (Lipinski definition) is 3. The van der Waals surface area contributed by atoms with Gasteiger partial charge in [-0.1, -0.05) is 30.3 Å². The zero-order valence-corrected chi connectivity index (χ0v) is 11.8. The van der Waals surface area contributed by atoms with Crippen molar-refractivity contribution in [2.24, 2.45) is 0 Å². The van der Waals surface area contributed by atoms with Gasteiger partial charge in [-0.15, -0.1) is 0 Å². The van der Waals surface area contributed by atoms with Crippen molar-refractivity contribution in [1.82, 2.24) is 4.98 Å². The maximum Gasteiger partial charge on any atom is 0.128 e. The van der Waals surface area contributed by atoms with Gasteiger partial charge >= 0.3 is 0 Å². The Morgan fingerprint density at radius 3 is 2.65 bits per heavy atom. The summed E-state index contributed by atoms with van der Waals surface area (Å²) in [5.41, 5.74) is 3.71. The highest BCUT2D eigenvalue weighted by molar-refractivity contribution is 5.43. The normalized spacial score (nSPS) is 16.4. The molecule has 0 radical (unpaired) electrons. The van der Waals surface area contributed by atoms with Gasteiger partial charge in [-0.2, -0.15) is 0 Å². The number of anilines is 1. The highest BCUT2D eigenvalue weighted by Crippen LogP contribution is 2.23. The summed E-state index contributed by atoms with van der Waals surface area (Å²) in [6.07, 6.45) is 3.60. The monoisotopic (exact) mass is 268 g/mol. The highest BCUT2D eigenvalue weighted by Gasteiger charge is 2.15. The minimum Gasteiger partial charge on any atom is -0.389 e. The Labute approximate surface area is 119 Å². The first-order valence-electron chi connectivity index (χ1n) is 7.20. The maximum absolute atomic E-state index is 9.55. The molecule has 0 unspecified atom stereocenters. The van der Waals surface area contributed by atoms with Crippen LogP contribution in [0.25, 0.3) is 0 Å². The fourth-order valence-electron chi connectivity index (χ4n) is 2.73. The first-order valence-corrected chi connectivity index (χ1v) is 7.20. The third-order valence-electron chi connectivity index (χ3n) is 3.93. The molecule has 3 rings (SSSR count). The zero-order chi connectivity index (χ0) is 13.9. The second kappa shape index (κ2) is 5.63. The fraction of sp³-hybridized carbons (Fsp3) is 0.353. The summed E-state index contributed by atoms with van der Waals surface area (Å²) in [5, 5.41) is 9.55. The molecule has 1 aromatic heterocycles. The molecule has 104 valence electrons. The lowest BCUT2D eigenvalue weighted by atomic mass is 10.0. The van der Waals surface area contributed by atoms with Crippen LogP contribution in [0.4, 0.5) is 5.82 Å². The Hall–Kier alpha value is -1.87. The number of rotatable bonds is 2. The summed E-state index contributed by atoms with van der Waals surface area (Å²) < 4.78 is 0. The van der Waals surface area contributed by atoms with Gasteiger partial charge in [0.15, 0.2) is 0 Å². The van der Waals surface area contributed by atoms with Gasteiger partial charge < -0.3 is 10.0 Å². The number of aliphatic hydroxyl groups excluding tert-OH is 1. The van der Waals surface area contributed by atoms with Crippen LogP contribution < -0.4 is 4.90 Å². The lowest BCUT2D eigenvalue weighted by Crippen LogP contribution is -2.23. The minimum atomic E-state index is -0.457. The Balaban J connectivity index is 1.84. The van der Waals surface area contributed by atoms with Crippen molar-refractivity contribution >= 4 is 5.82 Å². The van der Waals surface area contributed by atoms with E-state index >= 15 is 0 Å². The van der Waals surface area contributed by atoms with E-state index in [4.69, 9.17) is 0 Å². The molecule has 3 nitrogen and oxygen atoms in total. The molecule has 0 aliphatic carbocycles. The van der Waals surface area contributed by atoms with E-state index < -0.39 is 6.10 Å². The minimum absolute atomic E-state index is 0.457. The quantitative estimate of drug-likeness (QED) is 0.909. The van der Waals surface area contributed by atoms with E-state index in [0.29, 0.717) is 0 Å². The molecule has 1 aromatic carbocycles. The molecule has 3 heteroatoms. The van der Waals surface area contributed by atoms with E-state index in [0.717, 1.165) is 37.3 Å². The predicted octanol–water partition coefficient (Wildman–Crippen LogP) is 3.09. The van der Waals surface area contributed by atoms with E-state index in [1.165, 1.54) is 11.1 Å². The number of aliphatic hydroxyl groups is 1. The Bertz CT molecular complexity index is 578. The molecule has 0 spiro atoms. The van der Waals surface area contributed by atoms with E-state index in [1.54, 1.807) is 13.1 Å². The van der Waals surface area contributed by atoms with Crippen LogP contribution in [0.15, 0.2) is 42.6 Å². The van der Waals surface area contributed by atoms with Crippen LogP contribution in [0.1, 0.15) is 36.1 Å². The topological polar surface area (TPSA) is 36.4 Å². The molecule has 20 heavy (non-hydrogen) atoms. The molecular weight excluding hydrogens is 248 g/mol. The molecule has 1 N–H and O–H groups in total. The van der Waals surface area contributed by atoms with Crippen molar-refractivity contribution in [3.8, 4) is 0 Å². The second-order valence-electron chi connectivity index (χ2n) is 5.42. The lowest BCUT2D eigenvalue weighted by molar-refractivity contribution is 0.199. The van der Waals surface area contributed by atoms with Crippen LogP contribution in [-0.2, 0) is 13.0 Å². The molecule has 0 bridgehead atoms. The van der Waals surface area contributed by atoms with Crippen LogP contribution in [-0.4, -0.2) is 16.6 Å². The Kier molecular flexibility index (Phi) is 3.70. The van der Waals surface area contributed by atoms with Gasteiger partial charge in [0.25, 0.3) is 0 Å². The Morgan fingerprint density at radius 2 is 1.95 bits per heavy atom. The van der Waals surface area contributed by atoms with Crippen LogP contribution in [0.3, 0.4) is 0 Å². The molecule has 1 aliphatic rings. The average molecular weight is 268 g/mol. The fourth-order valence-corrected chi connectivity index (χ4v) is 2.73. The molecule has 2 heterocycles. The van der Waals surface area contributed by atoms with Crippen molar-refractivity contribution in [2.45, 2.75) is 32.4 Å². The number of aryl methyl sites for hydroxylation is 1. The third kappa shape index (κ3) is 2.68. The van der Waals surface area contributed by atoms with Crippen molar-refractivity contribution in [2.75, 3.05) is 11.4 Å². The van der Waals surface area contributed by atoms with E-state index in [-0.39, 0.29) is 0 Å². The van der Waals surface area contributed by atoms with Gasteiger partial charge in [0.2, 0.25) is 0 Å². The smallest absolute Gasteiger partial charge is 0.128 e. The summed E-state index contributed by atoms with van der Waals surface area (Å²) in [4.78, 5) is 6.82. The van der Waals surface area contributed by atoms with Crippen molar-refractivity contribution < 1.29 is 5.11 Å². The van der Waals surface area contributed by atoms with E-state index in [1.807, 2.05) is 12.1 Å². The highest BCUT2D eigenvalue weighted by atomic mass is 16.3. The van der Waals surface area contributed by atoms with Crippen LogP contribution in [0.5, 0.6) is 0 Å². The van der Waals surface area contributed by atoms with Gasteiger partial charge in [-0.3, -0.25) is 0 Å². The van der Waals surface area contributed by atoms with Crippen molar-refractivity contribution in [1.29, 1.82) is 0 Å². The summed E-state index contributed by atoms with van der Waals surface area (Å²) in [6, 6.07) is 12.6. The first kappa shape index (κ1) is 13.1. The molecule has 0 amide bonds. The van der Waals surface area contributed by atoms with Crippen LogP contribution in [0.2, 0.25) is 0 Å². The average Bonchev–Trinajstić information content (AvgIpc) is 2.69. The van der Waals surface area contributed by atoms with Gasteiger partial charge in [0.05, 0.1) is 6.10 Å². The first-order chi connectivity index (χ1) is 9.74.